The first-order valence-corrected chi connectivity index (χ1v) is 7.61. The monoisotopic (exact) mass is 377 g/mol. The highest BCUT2D eigenvalue weighted by atomic mass is 35.5. The number of carbonyl (C=O) groups is 1. The van der Waals surface area contributed by atoms with Crippen LogP contribution < -0.4 is 5.32 Å². The topological polar surface area (TPSA) is 103 Å². The summed E-state index contributed by atoms with van der Waals surface area (Å²) in [5.41, 5.74) is 0.463. The van der Waals surface area contributed by atoms with E-state index in [0.717, 1.165) is 0 Å². The molecular formula is C15H9Cl2N5O3. The van der Waals surface area contributed by atoms with Crippen LogP contribution in [0.5, 0.6) is 0 Å². The summed E-state index contributed by atoms with van der Waals surface area (Å²) in [5, 5.41) is 18.4. The van der Waals surface area contributed by atoms with Crippen LogP contribution >= 0.6 is 23.2 Å². The van der Waals surface area contributed by atoms with Crippen molar-refractivity contribution in [2.24, 2.45) is 0 Å². The van der Waals surface area contributed by atoms with E-state index in [-0.39, 0.29) is 22.0 Å². The molecule has 1 N–H and O–H groups in total. The van der Waals surface area contributed by atoms with E-state index >= 15 is 0 Å². The number of aromatic nitrogens is 3. The summed E-state index contributed by atoms with van der Waals surface area (Å²) in [6, 6.07) is 8.65. The molecule has 0 aliphatic rings. The van der Waals surface area contributed by atoms with Gasteiger partial charge in [-0.05, 0) is 30.3 Å². The predicted octanol–water partition coefficient (Wildman–Crippen LogP) is 3.73. The van der Waals surface area contributed by atoms with Gasteiger partial charge in [-0.3, -0.25) is 14.9 Å². The molecule has 0 bridgehead atoms. The van der Waals surface area contributed by atoms with Gasteiger partial charge in [-0.25, -0.2) is 9.67 Å². The van der Waals surface area contributed by atoms with Gasteiger partial charge >= 0.3 is 0 Å². The first-order valence-electron chi connectivity index (χ1n) is 6.85. The second-order valence-corrected chi connectivity index (χ2v) is 5.70. The quantitative estimate of drug-likeness (QED) is 0.550. The van der Waals surface area contributed by atoms with Crippen molar-refractivity contribution in [3.8, 4) is 5.69 Å². The zero-order valence-corrected chi connectivity index (χ0v) is 13.9. The molecule has 0 aliphatic heterocycles. The summed E-state index contributed by atoms with van der Waals surface area (Å²) in [7, 11) is 0. The normalized spacial score (nSPS) is 10.5. The molecule has 1 aromatic heterocycles. The van der Waals surface area contributed by atoms with Gasteiger partial charge in [-0.15, -0.1) is 0 Å². The Labute approximate surface area is 151 Å². The number of hydrogen-bond donors (Lipinski definition) is 1. The van der Waals surface area contributed by atoms with Crippen molar-refractivity contribution in [1.82, 2.24) is 14.8 Å². The average Bonchev–Trinajstić information content (AvgIpc) is 3.12. The number of nitrogens with zero attached hydrogens (tertiary/aromatic N) is 4. The Bertz CT molecular complexity index is 960. The lowest BCUT2D eigenvalue weighted by Gasteiger charge is -2.08. The van der Waals surface area contributed by atoms with Crippen LogP contribution in [0.1, 0.15) is 10.4 Å². The minimum Gasteiger partial charge on any atom is -0.322 e. The largest absolute Gasteiger partial charge is 0.322 e. The molecule has 0 radical (unpaired) electrons. The lowest BCUT2D eigenvalue weighted by Crippen LogP contribution is -2.13. The molecular weight excluding hydrogens is 369 g/mol. The predicted molar refractivity (Wildman–Crippen MR) is 92.4 cm³/mol. The van der Waals surface area contributed by atoms with E-state index in [0.29, 0.717) is 10.7 Å². The zero-order chi connectivity index (χ0) is 18.0. The Hall–Kier alpha value is -2.97. The fourth-order valence-electron chi connectivity index (χ4n) is 2.11. The molecule has 0 unspecified atom stereocenters. The molecule has 126 valence electrons. The highest BCUT2D eigenvalue weighted by molar-refractivity contribution is 6.42. The minimum absolute atomic E-state index is 0.113. The van der Waals surface area contributed by atoms with Gasteiger partial charge < -0.3 is 5.32 Å². The number of amides is 1. The summed E-state index contributed by atoms with van der Waals surface area (Å²) in [5.74, 6) is -0.522. The Kier molecular flexibility index (Phi) is 4.64. The second kappa shape index (κ2) is 6.88. The number of hydrogen-bond acceptors (Lipinski definition) is 5. The van der Waals surface area contributed by atoms with Gasteiger partial charge in [0.25, 0.3) is 11.6 Å². The zero-order valence-electron chi connectivity index (χ0n) is 12.4. The van der Waals surface area contributed by atoms with Crippen LogP contribution in [-0.2, 0) is 0 Å². The molecule has 0 spiro atoms. The van der Waals surface area contributed by atoms with Gasteiger partial charge in [0, 0.05) is 17.3 Å². The number of nitrogens with one attached hydrogen (secondary N) is 1. The van der Waals surface area contributed by atoms with Crippen LogP contribution in [0.25, 0.3) is 5.69 Å². The van der Waals surface area contributed by atoms with Gasteiger partial charge in [0.15, 0.2) is 0 Å². The molecule has 1 heterocycles. The van der Waals surface area contributed by atoms with Crippen LogP contribution in [0.2, 0.25) is 10.0 Å². The van der Waals surface area contributed by atoms with Crippen molar-refractivity contribution in [2.75, 3.05) is 5.32 Å². The molecule has 0 saturated carbocycles. The maximum Gasteiger partial charge on any atom is 0.295 e. The van der Waals surface area contributed by atoms with E-state index in [9.17, 15) is 14.9 Å². The third-order valence-electron chi connectivity index (χ3n) is 3.28. The number of nitro benzene ring substituents is 1. The van der Waals surface area contributed by atoms with E-state index in [1.807, 2.05) is 0 Å². The Morgan fingerprint density at radius 1 is 1.16 bits per heavy atom. The maximum atomic E-state index is 12.3. The Balaban J connectivity index is 1.91. The average molecular weight is 378 g/mol. The van der Waals surface area contributed by atoms with Crippen molar-refractivity contribution in [3.63, 3.8) is 0 Å². The van der Waals surface area contributed by atoms with Crippen LogP contribution in [-0.4, -0.2) is 25.6 Å². The standard InChI is InChI=1S/C15H9Cl2N5O3/c16-11-3-2-10(6-12(11)17)20-15(23)9-1-4-13(14(5-9)22(24)25)21-8-18-7-19-21/h1-8H,(H,20,23). The van der Waals surface area contributed by atoms with Crippen molar-refractivity contribution in [2.45, 2.75) is 0 Å². The Morgan fingerprint density at radius 3 is 2.60 bits per heavy atom. The molecule has 1 amide bonds. The van der Waals surface area contributed by atoms with E-state index in [1.165, 1.54) is 47.7 Å². The first-order chi connectivity index (χ1) is 12.0. The van der Waals surface area contributed by atoms with Crippen molar-refractivity contribution < 1.29 is 9.72 Å². The Morgan fingerprint density at radius 2 is 1.96 bits per heavy atom. The molecule has 10 heteroatoms. The summed E-state index contributed by atoms with van der Waals surface area (Å²) in [6.07, 6.45) is 2.59. The third-order valence-corrected chi connectivity index (χ3v) is 4.02. The lowest BCUT2D eigenvalue weighted by atomic mass is 10.1. The fourth-order valence-corrected chi connectivity index (χ4v) is 2.41. The number of carbonyl (C=O) groups excluding carboxylic acids is 1. The van der Waals surface area contributed by atoms with Crippen LogP contribution in [0.4, 0.5) is 11.4 Å². The smallest absolute Gasteiger partial charge is 0.295 e. The number of anilines is 1. The van der Waals surface area contributed by atoms with Gasteiger partial charge in [0.05, 0.1) is 15.0 Å². The summed E-state index contributed by atoms with van der Waals surface area (Å²) in [4.78, 5) is 26.8. The molecule has 2 aromatic carbocycles. The van der Waals surface area contributed by atoms with E-state index in [4.69, 9.17) is 23.2 Å². The fraction of sp³-hybridized carbons (Fsp3) is 0. The molecule has 0 fully saturated rings. The highest BCUT2D eigenvalue weighted by Crippen LogP contribution is 2.27. The minimum atomic E-state index is -0.590. The molecule has 25 heavy (non-hydrogen) atoms. The van der Waals surface area contributed by atoms with Gasteiger partial charge in [0.1, 0.15) is 18.3 Å². The summed E-state index contributed by atoms with van der Waals surface area (Å²) in [6.45, 7) is 0. The maximum absolute atomic E-state index is 12.3. The summed E-state index contributed by atoms with van der Waals surface area (Å²) >= 11 is 11.7. The molecule has 0 atom stereocenters. The lowest BCUT2D eigenvalue weighted by molar-refractivity contribution is -0.384. The number of rotatable bonds is 4. The number of benzene rings is 2. The van der Waals surface area contributed by atoms with Crippen molar-refractivity contribution >= 4 is 40.5 Å². The highest BCUT2D eigenvalue weighted by Gasteiger charge is 2.19. The molecule has 0 saturated heterocycles. The summed E-state index contributed by atoms with van der Waals surface area (Å²) < 4.78 is 1.25. The molecule has 3 aromatic rings. The van der Waals surface area contributed by atoms with Gasteiger partial charge in [-0.2, -0.15) is 5.10 Å². The third kappa shape index (κ3) is 3.59. The molecule has 3 rings (SSSR count). The van der Waals surface area contributed by atoms with E-state index in [1.54, 1.807) is 6.07 Å². The van der Waals surface area contributed by atoms with Crippen LogP contribution in [0.15, 0.2) is 49.1 Å². The van der Waals surface area contributed by atoms with Crippen LogP contribution in [0.3, 0.4) is 0 Å². The van der Waals surface area contributed by atoms with E-state index < -0.39 is 10.8 Å². The van der Waals surface area contributed by atoms with Crippen LogP contribution in [0, 0.1) is 10.1 Å². The molecule has 0 aliphatic carbocycles. The first kappa shape index (κ1) is 16.9. The number of nitro groups is 1. The SMILES string of the molecule is O=C(Nc1ccc(Cl)c(Cl)c1)c1ccc(-n2cncn2)c([N+](=O)[O-])c1. The number of halogens is 2. The van der Waals surface area contributed by atoms with Crippen molar-refractivity contribution in [1.29, 1.82) is 0 Å². The second-order valence-electron chi connectivity index (χ2n) is 4.88. The van der Waals surface area contributed by atoms with Gasteiger partial charge in [0.2, 0.25) is 0 Å². The molecule has 8 nitrogen and oxygen atoms in total. The van der Waals surface area contributed by atoms with Gasteiger partial charge in [-0.1, -0.05) is 23.2 Å². The van der Waals surface area contributed by atoms with Crippen molar-refractivity contribution in [3.05, 3.63) is 74.8 Å². The van der Waals surface area contributed by atoms with E-state index in [2.05, 4.69) is 15.4 Å².